The summed E-state index contributed by atoms with van der Waals surface area (Å²) in [5.41, 5.74) is 1.32. The van der Waals surface area contributed by atoms with Gasteiger partial charge < -0.3 is 5.11 Å². The van der Waals surface area contributed by atoms with Crippen molar-refractivity contribution in [2.24, 2.45) is 0 Å². The molecule has 0 spiro atoms. The number of amides is 1. The van der Waals surface area contributed by atoms with Crippen molar-refractivity contribution < 1.29 is 23.5 Å². The minimum Gasteiger partial charge on any atom is -0.480 e. The molecule has 2 aliphatic rings. The van der Waals surface area contributed by atoms with Crippen LogP contribution in [0.2, 0.25) is 0 Å². The molecule has 11 heteroatoms. The normalized spacial score (nSPS) is 19.1. The number of benzene rings is 1. The van der Waals surface area contributed by atoms with Crippen molar-refractivity contribution in [2.45, 2.75) is 0 Å². The summed E-state index contributed by atoms with van der Waals surface area (Å²) in [6, 6.07) is 5.60. The van der Waals surface area contributed by atoms with Gasteiger partial charge in [-0.25, -0.2) is 8.78 Å². The number of rotatable bonds is 7. The summed E-state index contributed by atoms with van der Waals surface area (Å²) >= 11 is 8.08. The molecular weight excluding hydrogens is 488 g/mol. The number of halogens is 2. The van der Waals surface area contributed by atoms with Gasteiger partial charge in [-0.05, 0) is 40.8 Å². The highest BCUT2D eigenvalue weighted by atomic mass is 32.2. The molecule has 174 valence electrons. The zero-order valence-electron chi connectivity index (χ0n) is 17.5. The van der Waals surface area contributed by atoms with Gasteiger partial charge in [-0.3, -0.25) is 24.3 Å². The maximum atomic E-state index is 13.5. The van der Waals surface area contributed by atoms with Crippen LogP contribution in [0.5, 0.6) is 0 Å². The zero-order valence-corrected chi connectivity index (χ0v) is 19.9. The van der Waals surface area contributed by atoms with Gasteiger partial charge in [-0.15, -0.1) is 11.3 Å². The fourth-order valence-corrected chi connectivity index (χ4v) is 5.90. The van der Waals surface area contributed by atoms with E-state index in [1.165, 1.54) is 29.2 Å². The van der Waals surface area contributed by atoms with Crippen LogP contribution in [0.3, 0.4) is 0 Å². The van der Waals surface area contributed by atoms with E-state index in [2.05, 4.69) is 4.90 Å². The number of hydrogen-bond acceptors (Lipinski definition) is 7. The first-order valence-corrected chi connectivity index (χ1v) is 12.4. The highest BCUT2D eigenvalue weighted by Crippen LogP contribution is 2.35. The molecular formula is C22H21F2N3O3S3. The molecule has 1 aromatic heterocycles. The molecule has 0 radical (unpaired) electrons. The third-order valence-electron chi connectivity index (χ3n) is 5.48. The summed E-state index contributed by atoms with van der Waals surface area (Å²) in [5, 5.41) is 10.7. The molecule has 3 heterocycles. The Balaban J connectivity index is 1.35. The number of hydrogen-bond donors (Lipinski definition) is 1. The van der Waals surface area contributed by atoms with E-state index in [-0.39, 0.29) is 12.5 Å². The molecule has 1 amide bonds. The Morgan fingerprint density at radius 2 is 1.79 bits per heavy atom. The number of carboxylic acid groups (broad SMARTS) is 1. The highest BCUT2D eigenvalue weighted by molar-refractivity contribution is 8.26. The summed E-state index contributed by atoms with van der Waals surface area (Å²) < 4.78 is 27.2. The quantitative estimate of drug-likeness (QED) is 0.452. The Labute approximate surface area is 203 Å². The molecule has 1 aromatic carbocycles. The number of carbonyl (C=O) groups excluding carboxylic acids is 1. The van der Waals surface area contributed by atoms with E-state index >= 15 is 0 Å². The van der Waals surface area contributed by atoms with Crippen molar-refractivity contribution in [3.63, 3.8) is 0 Å². The van der Waals surface area contributed by atoms with Gasteiger partial charge in [0.25, 0.3) is 5.91 Å². The van der Waals surface area contributed by atoms with Crippen LogP contribution in [0.15, 0.2) is 34.6 Å². The average molecular weight is 510 g/mol. The lowest BCUT2D eigenvalue weighted by Crippen LogP contribution is -2.49. The summed E-state index contributed by atoms with van der Waals surface area (Å²) in [6.07, 6.45) is 1.78. The van der Waals surface area contributed by atoms with Crippen LogP contribution in [0, 0.1) is 11.6 Å². The van der Waals surface area contributed by atoms with Gasteiger partial charge in [0.15, 0.2) is 11.6 Å². The van der Waals surface area contributed by atoms with Gasteiger partial charge in [0.2, 0.25) is 0 Å². The van der Waals surface area contributed by atoms with Crippen LogP contribution in [0.4, 0.5) is 8.78 Å². The van der Waals surface area contributed by atoms with Gasteiger partial charge in [0.1, 0.15) is 4.32 Å². The molecule has 2 fully saturated rings. The summed E-state index contributed by atoms with van der Waals surface area (Å²) in [6.45, 7) is 4.06. The topological polar surface area (TPSA) is 64.1 Å². The maximum Gasteiger partial charge on any atom is 0.317 e. The predicted octanol–water partition coefficient (Wildman–Crippen LogP) is 3.60. The third kappa shape index (κ3) is 5.85. The number of piperazine rings is 1. The van der Waals surface area contributed by atoms with E-state index in [4.69, 9.17) is 17.3 Å². The van der Waals surface area contributed by atoms with Crippen LogP contribution < -0.4 is 0 Å². The van der Waals surface area contributed by atoms with E-state index in [1.54, 1.807) is 11.0 Å². The first kappa shape index (κ1) is 24.0. The number of thiocarbonyl (C=S) groups is 1. The third-order valence-corrected chi connectivity index (χ3v) is 7.74. The molecule has 0 saturated carbocycles. The van der Waals surface area contributed by atoms with Crippen molar-refractivity contribution in [3.8, 4) is 11.1 Å². The summed E-state index contributed by atoms with van der Waals surface area (Å²) in [7, 11) is 0. The Morgan fingerprint density at radius 3 is 2.48 bits per heavy atom. The van der Waals surface area contributed by atoms with E-state index in [1.807, 2.05) is 16.3 Å². The molecule has 2 saturated heterocycles. The number of thiophene rings is 1. The summed E-state index contributed by atoms with van der Waals surface area (Å²) in [5.74, 6) is -2.75. The number of aliphatic carboxylic acids is 1. The van der Waals surface area contributed by atoms with Crippen LogP contribution in [0.1, 0.15) is 4.88 Å². The SMILES string of the molecule is O=C(O)CN1CCN(CCN2C(=O)/C(=C/c3cc(-c4ccc(F)c(F)c4)cs3)SC2=S)CC1. The van der Waals surface area contributed by atoms with Gasteiger partial charge in [-0.2, -0.15) is 0 Å². The van der Waals surface area contributed by atoms with Crippen molar-refractivity contribution in [3.05, 3.63) is 51.1 Å². The lowest BCUT2D eigenvalue weighted by molar-refractivity contribution is -0.138. The minimum absolute atomic E-state index is 0.0495. The van der Waals surface area contributed by atoms with Gasteiger partial charge in [0.05, 0.1) is 11.4 Å². The monoisotopic (exact) mass is 509 g/mol. The molecule has 0 bridgehead atoms. The molecule has 6 nitrogen and oxygen atoms in total. The lowest BCUT2D eigenvalue weighted by atomic mass is 10.1. The Kier molecular flexibility index (Phi) is 7.55. The van der Waals surface area contributed by atoms with E-state index < -0.39 is 17.6 Å². The number of carboxylic acids is 1. The minimum atomic E-state index is -0.899. The standard InChI is InChI=1S/C22H21F2N3O3S3/c23-17-2-1-14(10-18(17)24)15-9-16(32-13-15)11-19-21(30)27(22(31)33-19)8-7-25-3-5-26(6-4-25)12-20(28)29/h1-2,9-11,13H,3-8,12H2,(H,28,29)/b19-11-. The zero-order chi connectivity index (χ0) is 23.5. The molecule has 0 atom stereocenters. The fraction of sp³-hybridized carbons (Fsp3) is 0.318. The lowest BCUT2D eigenvalue weighted by Gasteiger charge is -2.34. The number of thioether (sulfide) groups is 1. The summed E-state index contributed by atoms with van der Waals surface area (Å²) in [4.78, 5) is 30.8. The van der Waals surface area contributed by atoms with Crippen molar-refractivity contribution in [1.29, 1.82) is 0 Å². The van der Waals surface area contributed by atoms with Crippen LogP contribution in [0.25, 0.3) is 17.2 Å². The van der Waals surface area contributed by atoms with Crippen LogP contribution in [-0.2, 0) is 9.59 Å². The van der Waals surface area contributed by atoms with Crippen LogP contribution >= 0.6 is 35.3 Å². The van der Waals surface area contributed by atoms with E-state index in [0.29, 0.717) is 41.0 Å². The smallest absolute Gasteiger partial charge is 0.317 e. The van der Waals surface area contributed by atoms with E-state index in [0.717, 1.165) is 35.7 Å². The fourth-order valence-electron chi connectivity index (χ4n) is 3.68. The molecule has 2 aromatic rings. The first-order valence-electron chi connectivity index (χ1n) is 10.3. The second kappa shape index (κ2) is 10.4. The molecule has 2 aliphatic heterocycles. The predicted molar refractivity (Wildman–Crippen MR) is 130 cm³/mol. The Hall–Kier alpha value is -2.18. The van der Waals surface area contributed by atoms with Gasteiger partial charge >= 0.3 is 5.97 Å². The Morgan fingerprint density at radius 1 is 1.06 bits per heavy atom. The first-order chi connectivity index (χ1) is 15.8. The van der Waals surface area contributed by atoms with Gasteiger partial charge in [0, 0.05) is 44.1 Å². The Bertz CT molecular complexity index is 1110. The molecule has 33 heavy (non-hydrogen) atoms. The number of carbonyl (C=O) groups is 2. The highest BCUT2D eigenvalue weighted by Gasteiger charge is 2.32. The molecule has 0 aliphatic carbocycles. The molecule has 0 unspecified atom stereocenters. The van der Waals surface area contributed by atoms with Crippen molar-refractivity contribution in [1.82, 2.24) is 14.7 Å². The molecule has 1 N–H and O–H groups in total. The number of nitrogens with zero attached hydrogens (tertiary/aromatic N) is 3. The largest absolute Gasteiger partial charge is 0.480 e. The van der Waals surface area contributed by atoms with E-state index in [9.17, 15) is 18.4 Å². The average Bonchev–Trinajstić information content (AvgIpc) is 3.34. The molecule has 4 rings (SSSR count). The van der Waals surface area contributed by atoms with Crippen molar-refractivity contribution >= 4 is 57.6 Å². The second-order valence-corrected chi connectivity index (χ2v) is 10.3. The van der Waals surface area contributed by atoms with Gasteiger partial charge in [-0.1, -0.05) is 30.0 Å². The second-order valence-electron chi connectivity index (χ2n) is 7.71. The van der Waals surface area contributed by atoms with Crippen LogP contribution in [-0.4, -0.2) is 81.8 Å². The maximum absolute atomic E-state index is 13.5. The van der Waals surface area contributed by atoms with Crippen molar-refractivity contribution in [2.75, 3.05) is 45.8 Å².